The van der Waals surface area contributed by atoms with E-state index in [-0.39, 0.29) is 18.6 Å². The molecule has 2 heterocycles. The first-order valence-corrected chi connectivity index (χ1v) is 9.85. The molecule has 3 aromatic rings. The minimum Gasteiger partial charge on any atom is -0.451 e. The van der Waals surface area contributed by atoms with Crippen molar-refractivity contribution in [1.29, 1.82) is 0 Å². The first kappa shape index (κ1) is 17.7. The molecule has 7 heteroatoms. The van der Waals surface area contributed by atoms with Crippen LogP contribution in [-0.2, 0) is 9.53 Å². The van der Waals surface area contributed by atoms with Crippen molar-refractivity contribution in [2.75, 3.05) is 6.61 Å². The maximum Gasteiger partial charge on any atom is 0.348 e. The standard InChI is InChI=1S/C20H21N3O3S/c1-12(14-8-9-14)21-18(24)11-26-20(25)17-10-16-13(2)22-23(19(16)27-17)15-6-4-3-5-7-15/h3-7,10,12,14H,8-9,11H2,1-2H3,(H,21,24)/t12-/m0/s1. The molecular weight excluding hydrogens is 362 g/mol. The molecule has 4 rings (SSSR count). The van der Waals surface area contributed by atoms with Gasteiger partial charge in [0.1, 0.15) is 9.71 Å². The van der Waals surface area contributed by atoms with Crippen LogP contribution in [0.4, 0.5) is 0 Å². The summed E-state index contributed by atoms with van der Waals surface area (Å²) >= 11 is 1.32. The smallest absolute Gasteiger partial charge is 0.348 e. The average molecular weight is 383 g/mol. The summed E-state index contributed by atoms with van der Waals surface area (Å²) < 4.78 is 7.03. The van der Waals surface area contributed by atoms with Crippen LogP contribution in [0, 0.1) is 12.8 Å². The third-order valence-corrected chi connectivity index (χ3v) is 5.89. The topological polar surface area (TPSA) is 73.2 Å². The second-order valence-electron chi connectivity index (χ2n) is 6.93. The van der Waals surface area contributed by atoms with E-state index in [1.165, 1.54) is 11.3 Å². The molecule has 1 aliphatic carbocycles. The zero-order valence-corrected chi connectivity index (χ0v) is 16.1. The molecule has 1 N–H and O–H groups in total. The number of esters is 1. The minimum absolute atomic E-state index is 0.139. The Balaban J connectivity index is 1.47. The highest BCUT2D eigenvalue weighted by Gasteiger charge is 2.29. The van der Waals surface area contributed by atoms with Gasteiger partial charge in [0.05, 0.1) is 11.4 Å². The molecule has 0 unspecified atom stereocenters. The zero-order chi connectivity index (χ0) is 19.0. The van der Waals surface area contributed by atoms with E-state index in [4.69, 9.17) is 4.74 Å². The Morgan fingerprint density at radius 2 is 2.07 bits per heavy atom. The molecule has 0 radical (unpaired) electrons. The van der Waals surface area contributed by atoms with Crippen LogP contribution in [0.3, 0.4) is 0 Å². The Bertz CT molecular complexity index is 989. The van der Waals surface area contributed by atoms with E-state index in [9.17, 15) is 9.59 Å². The number of ether oxygens (including phenoxy) is 1. The fourth-order valence-electron chi connectivity index (χ4n) is 3.10. The van der Waals surface area contributed by atoms with Gasteiger partial charge in [-0.25, -0.2) is 9.48 Å². The summed E-state index contributed by atoms with van der Waals surface area (Å²) in [5.41, 5.74) is 1.78. The number of aromatic nitrogens is 2. The number of nitrogens with zero attached hydrogens (tertiary/aromatic N) is 2. The van der Waals surface area contributed by atoms with Crippen molar-refractivity contribution in [1.82, 2.24) is 15.1 Å². The average Bonchev–Trinajstić information content (AvgIpc) is 3.36. The van der Waals surface area contributed by atoms with Gasteiger partial charge in [0.15, 0.2) is 6.61 Å². The molecule has 0 saturated heterocycles. The van der Waals surface area contributed by atoms with Gasteiger partial charge in [-0.15, -0.1) is 11.3 Å². The number of carbonyl (C=O) groups excluding carboxylic acids is 2. The SMILES string of the molecule is Cc1nn(-c2ccccc2)c2sc(C(=O)OCC(=O)N[C@@H](C)C3CC3)cc12. The Morgan fingerprint density at radius 1 is 1.33 bits per heavy atom. The van der Waals surface area contributed by atoms with Crippen LogP contribution >= 0.6 is 11.3 Å². The summed E-state index contributed by atoms with van der Waals surface area (Å²) in [5.74, 6) is -0.170. The van der Waals surface area contributed by atoms with E-state index >= 15 is 0 Å². The van der Waals surface area contributed by atoms with Crippen LogP contribution in [0.1, 0.15) is 35.1 Å². The summed E-state index contributed by atoms with van der Waals surface area (Å²) in [6.45, 7) is 3.64. The number of hydrogen-bond donors (Lipinski definition) is 1. The molecule has 1 saturated carbocycles. The molecular formula is C20H21N3O3S. The highest BCUT2D eigenvalue weighted by Crippen LogP contribution is 2.32. The molecule has 1 fully saturated rings. The Labute approximate surface area is 161 Å². The zero-order valence-electron chi connectivity index (χ0n) is 15.3. The van der Waals surface area contributed by atoms with E-state index in [1.807, 2.05) is 48.9 Å². The number of fused-ring (bicyclic) bond motifs is 1. The molecule has 6 nitrogen and oxygen atoms in total. The third-order valence-electron chi connectivity index (χ3n) is 4.80. The van der Waals surface area contributed by atoms with E-state index in [0.717, 1.165) is 34.4 Å². The second-order valence-corrected chi connectivity index (χ2v) is 7.96. The molecule has 0 spiro atoms. The Hall–Kier alpha value is -2.67. The summed E-state index contributed by atoms with van der Waals surface area (Å²) in [5, 5.41) is 8.36. The molecule has 1 amide bonds. The van der Waals surface area contributed by atoms with Crippen molar-refractivity contribution in [3.63, 3.8) is 0 Å². The van der Waals surface area contributed by atoms with Crippen molar-refractivity contribution < 1.29 is 14.3 Å². The molecule has 1 aliphatic rings. The van der Waals surface area contributed by atoms with Gasteiger partial charge in [-0.1, -0.05) is 18.2 Å². The number of benzene rings is 1. The quantitative estimate of drug-likeness (QED) is 0.662. The maximum absolute atomic E-state index is 12.4. The fraction of sp³-hybridized carbons (Fsp3) is 0.350. The van der Waals surface area contributed by atoms with Crippen LogP contribution in [0.2, 0.25) is 0 Å². The number of hydrogen-bond acceptors (Lipinski definition) is 5. The van der Waals surface area contributed by atoms with Crippen molar-refractivity contribution in [3.05, 3.63) is 47.0 Å². The first-order chi connectivity index (χ1) is 13.0. The molecule has 27 heavy (non-hydrogen) atoms. The molecule has 0 aliphatic heterocycles. The molecule has 1 aromatic carbocycles. The number of carbonyl (C=O) groups is 2. The lowest BCUT2D eigenvalue weighted by Crippen LogP contribution is -2.37. The van der Waals surface area contributed by atoms with Gasteiger partial charge in [-0.3, -0.25) is 4.79 Å². The summed E-state index contributed by atoms with van der Waals surface area (Å²) in [6.07, 6.45) is 2.31. The van der Waals surface area contributed by atoms with E-state index < -0.39 is 5.97 Å². The summed E-state index contributed by atoms with van der Waals surface area (Å²) in [7, 11) is 0. The minimum atomic E-state index is -0.482. The lowest BCUT2D eigenvalue weighted by molar-refractivity contribution is -0.124. The van der Waals surface area contributed by atoms with Crippen LogP contribution in [-0.4, -0.2) is 34.3 Å². The van der Waals surface area contributed by atoms with Crippen LogP contribution in [0.15, 0.2) is 36.4 Å². The number of thiophene rings is 1. The highest BCUT2D eigenvalue weighted by molar-refractivity contribution is 7.20. The van der Waals surface area contributed by atoms with Crippen LogP contribution in [0.5, 0.6) is 0 Å². The molecule has 140 valence electrons. The molecule has 1 atom stereocenters. The number of aryl methyl sites for hydroxylation is 1. The van der Waals surface area contributed by atoms with E-state index in [1.54, 1.807) is 6.07 Å². The lowest BCUT2D eigenvalue weighted by Gasteiger charge is -2.12. The van der Waals surface area contributed by atoms with Crippen molar-refractivity contribution in [2.45, 2.75) is 32.7 Å². The third kappa shape index (κ3) is 3.73. The molecule has 0 bridgehead atoms. The van der Waals surface area contributed by atoms with Gasteiger partial charge in [-0.2, -0.15) is 5.10 Å². The fourth-order valence-corrected chi connectivity index (χ4v) is 4.18. The second kappa shape index (κ2) is 7.15. The Morgan fingerprint density at radius 3 is 2.78 bits per heavy atom. The largest absolute Gasteiger partial charge is 0.451 e. The van der Waals surface area contributed by atoms with Crippen molar-refractivity contribution in [2.24, 2.45) is 5.92 Å². The van der Waals surface area contributed by atoms with Gasteiger partial charge in [0.2, 0.25) is 0 Å². The number of para-hydroxylation sites is 1. The maximum atomic E-state index is 12.4. The van der Waals surface area contributed by atoms with Gasteiger partial charge >= 0.3 is 5.97 Å². The van der Waals surface area contributed by atoms with E-state index in [2.05, 4.69) is 10.4 Å². The van der Waals surface area contributed by atoms with Gasteiger partial charge < -0.3 is 10.1 Å². The predicted octanol–water partition coefficient (Wildman–Crippen LogP) is 3.47. The van der Waals surface area contributed by atoms with Gasteiger partial charge in [0, 0.05) is 11.4 Å². The first-order valence-electron chi connectivity index (χ1n) is 9.04. The highest BCUT2D eigenvalue weighted by atomic mass is 32.1. The van der Waals surface area contributed by atoms with E-state index in [0.29, 0.717) is 10.8 Å². The number of nitrogens with one attached hydrogen (secondary N) is 1. The predicted molar refractivity (Wildman–Crippen MR) is 104 cm³/mol. The van der Waals surface area contributed by atoms with Gasteiger partial charge in [-0.05, 0) is 50.8 Å². The number of amides is 1. The van der Waals surface area contributed by atoms with Gasteiger partial charge in [0.25, 0.3) is 5.91 Å². The number of rotatable bonds is 6. The Kier molecular flexibility index (Phi) is 4.70. The van der Waals surface area contributed by atoms with Crippen LogP contribution in [0.25, 0.3) is 15.9 Å². The monoisotopic (exact) mass is 383 g/mol. The summed E-state index contributed by atoms with van der Waals surface area (Å²) in [6, 6.07) is 11.7. The van der Waals surface area contributed by atoms with Crippen molar-refractivity contribution >= 4 is 33.4 Å². The van der Waals surface area contributed by atoms with Crippen molar-refractivity contribution in [3.8, 4) is 5.69 Å². The van der Waals surface area contributed by atoms with Crippen LogP contribution < -0.4 is 5.32 Å². The lowest BCUT2D eigenvalue weighted by atomic mass is 10.2. The normalized spacial score (nSPS) is 14.9. The summed E-state index contributed by atoms with van der Waals surface area (Å²) in [4.78, 5) is 25.7. The molecule has 2 aromatic heterocycles.